The van der Waals surface area contributed by atoms with Crippen molar-refractivity contribution >= 4 is 16.9 Å². The fourth-order valence-electron chi connectivity index (χ4n) is 2.65. The van der Waals surface area contributed by atoms with Crippen LogP contribution in [0, 0.1) is 0 Å². The van der Waals surface area contributed by atoms with Gasteiger partial charge in [0.05, 0.1) is 23.1 Å². The van der Waals surface area contributed by atoms with E-state index in [9.17, 15) is 4.79 Å². The summed E-state index contributed by atoms with van der Waals surface area (Å²) < 4.78 is 7.25. The second-order valence-corrected chi connectivity index (χ2v) is 5.53. The Morgan fingerprint density at radius 2 is 2.14 bits per heavy atom. The van der Waals surface area contributed by atoms with Gasteiger partial charge in [-0.1, -0.05) is 12.1 Å². The van der Waals surface area contributed by atoms with Crippen LogP contribution in [0.2, 0.25) is 0 Å². The van der Waals surface area contributed by atoms with Crippen LogP contribution in [-0.2, 0) is 23.1 Å². The molecular formula is C15H20N4O2. The molecule has 1 aromatic carbocycles. The Balaban J connectivity index is 1.71. The lowest BCUT2D eigenvalue weighted by molar-refractivity contribution is -0.129. The number of nitrogens with two attached hydrogens (primary N) is 1. The standard InChI is InChI=1S/C15H20N4O2/c1-19-12-5-3-2-4-11(12)18-13(19)10-17-14(20)15(16)6-8-21-9-7-15/h2-5H,6-10,16H2,1H3,(H,17,20). The predicted molar refractivity (Wildman–Crippen MR) is 79.5 cm³/mol. The Hall–Kier alpha value is -1.92. The van der Waals surface area contributed by atoms with Crippen LogP contribution in [0.25, 0.3) is 11.0 Å². The van der Waals surface area contributed by atoms with E-state index in [4.69, 9.17) is 10.5 Å². The minimum atomic E-state index is -0.817. The fourth-order valence-corrected chi connectivity index (χ4v) is 2.65. The molecule has 3 rings (SSSR count). The molecule has 21 heavy (non-hydrogen) atoms. The third-order valence-electron chi connectivity index (χ3n) is 4.12. The third kappa shape index (κ3) is 2.64. The second-order valence-electron chi connectivity index (χ2n) is 5.53. The van der Waals surface area contributed by atoms with Gasteiger partial charge in [0.15, 0.2) is 0 Å². The molecule has 2 aromatic rings. The molecule has 0 unspecified atom stereocenters. The minimum Gasteiger partial charge on any atom is -0.381 e. The predicted octanol–water partition coefficient (Wildman–Crippen LogP) is 0.697. The third-order valence-corrected chi connectivity index (χ3v) is 4.12. The summed E-state index contributed by atoms with van der Waals surface area (Å²) >= 11 is 0. The highest BCUT2D eigenvalue weighted by Gasteiger charge is 2.35. The van der Waals surface area contributed by atoms with E-state index in [1.54, 1.807) is 0 Å². The molecular weight excluding hydrogens is 268 g/mol. The number of ether oxygens (including phenoxy) is 1. The Morgan fingerprint density at radius 1 is 1.43 bits per heavy atom. The van der Waals surface area contributed by atoms with Crippen LogP contribution >= 0.6 is 0 Å². The highest BCUT2D eigenvalue weighted by Crippen LogP contribution is 2.18. The number of rotatable bonds is 3. The summed E-state index contributed by atoms with van der Waals surface area (Å²) in [5.41, 5.74) is 7.32. The monoisotopic (exact) mass is 288 g/mol. The van der Waals surface area contributed by atoms with Gasteiger partial charge < -0.3 is 20.4 Å². The molecule has 1 amide bonds. The summed E-state index contributed by atoms with van der Waals surface area (Å²) in [7, 11) is 1.95. The zero-order valence-electron chi connectivity index (χ0n) is 12.1. The van der Waals surface area contributed by atoms with Gasteiger partial charge in [0.1, 0.15) is 5.82 Å². The van der Waals surface area contributed by atoms with E-state index >= 15 is 0 Å². The van der Waals surface area contributed by atoms with E-state index in [1.807, 2.05) is 35.9 Å². The topological polar surface area (TPSA) is 82.2 Å². The summed E-state index contributed by atoms with van der Waals surface area (Å²) in [5, 5.41) is 2.91. The summed E-state index contributed by atoms with van der Waals surface area (Å²) in [6, 6.07) is 7.90. The van der Waals surface area contributed by atoms with Gasteiger partial charge in [0.2, 0.25) is 5.91 Å². The number of aromatic nitrogens is 2. The molecule has 0 radical (unpaired) electrons. The van der Waals surface area contributed by atoms with E-state index in [0.29, 0.717) is 32.6 Å². The number of hydrogen-bond donors (Lipinski definition) is 2. The van der Waals surface area contributed by atoms with Gasteiger partial charge in [0.25, 0.3) is 0 Å². The van der Waals surface area contributed by atoms with Crippen LogP contribution < -0.4 is 11.1 Å². The van der Waals surface area contributed by atoms with Crippen molar-refractivity contribution in [2.45, 2.75) is 24.9 Å². The SMILES string of the molecule is Cn1c(CNC(=O)C2(N)CCOCC2)nc2ccccc21. The lowest BCUT2D eigenvalue weighted by Gasteiger charge is -2.31. The molecule has 1 aliphatic heterocycles. The molecule has 0 spiro atoms. The molecule has 0 atom stereocenters. The number of carbonyl (C=O) groups excluding carboxylic acids is 1. The number of benzene rings is 1. The molecule has 1 aromatic heterocycles. The van der Waals surface area contributed by atoms with E-state index in [0.717, 1.165) is 16.9 Å². The Labute approximate surface area is 123 Å². The van der Waals surface area contributed by atoms with Crippen LogP contribution in [0.1, 0.15) is 18.7 Å². The first kappa shape index (κ1) is 14.0. The quantitative estimate of drug-likeness (QED) is 0.871. The van der Waals surface area contributed by atoms with E-state index in [2.05, 4.69) is 10.3 Å². The molecule has 6 heteroatoms. The van der Waals surface area contributed by atoms with Gasteiger partial charge in [0, 0.05) is 20.3 Å². The van der Waals surface area contributed by atoms with E-state index in [1.165, 1.54) is 0 Å². The number of fused-ring (bicyclic) bond motifs is 1. The Kier molecular flexibility index (Phi) is 3.65. The summed E-state index contributed by atoms with van der Waals surface area (Å²) in [4.78, 5) is 16.8. The zero-order valence-corrected chi connectivity index (χ0v) is 12.1. The zero-order chi connectivity index (χ0) is 14.9. The maximum Gasteiger partial charge on any atom is 0.240 e. The van der Waals surface area contributed by atoms with Crippen molar-refractivity contribution in [1.82, 2.24) is 14.9 Å². The van der Waals surface area contributed by atoms with Gasteiger partial charge in [-0.15, -0.1) is 0 Å². The van der Waals surface area contributed by atoms with Crippen molar-refractivity contribution in [3.63, 3.8) is 0 Å². The average molecular weight is 288 g/mol. The lowest BCUT2D eigenvalue weighted by Crippen LogP contribution is -2.56. The Bertz CT molecular complexity index is 659. The lowest BCUT2D eigenvalue weighted by atomic mass is 9.90. The molecule has 2 heterocycles. The smallest absolute Gasteiger partial charge is 0.240 e. The maximum atomic E-state index is 12.3. The van der Waals surface area contributed by atoms with Crippen molar-refractivity contribution < 1.29 is 9.53 Å². The first-order valence-corrected chi connectivity index (χ1v) is 7.15. The van der Waals surface area contributed by atoms with Crippen LogP contribution in [0.15, 0.2) is 24.3 Å². The summed E-state index contributed by atoms with van der Waals surface area (Å²) in [5.74, 6) is 0.693. The van der Waals surface area contributed by atoms with Crippen LogP contribution in [0.3, 0.4) is 0 Å². The molecule has 0 aliphatic carbocycles. The van der Waals surface area contributed by atoms with Gasteiger partial charge in [-0.25, -0.2) is 4.98 Å². The van der Waals surface area contributed by atoms with Gasteiger partial charge in [-0.05, 0) is 25.0 Å². The molecule has 112 valence electrons. The Morgan fingerprint density at radius 3 is 2.86 bits per heavy atom. The van der Waals surface area contributed by atoms with Crippen LogP contribution in [0.5, 0.6) is 0 Å². The molecule has 6 nitrogen and oxygen atoms in total. The molecule has 0 saturated carbocycles. The average Bonchev–Trinajstić information content (AvgIpc) is 2.82. The highest BCUT2D eigenvalue weighted by atomic mass is 16.5. The maximum absolute atomic E-state index is 12.3. The van der Waals surface area contributed by atoms with Crippen LogP contribution in [-0.4, -0.2) is 34.2 Å². The van der Waals surface area contributed by atoms with Gasteiger partial charge in [-0.3, -0.25) is 4.79 Å². The highest BCUT2D eigenvalue weighted by molar-refractivity contribution is 5.86. The fraction of sp³-hybridized carbons (Fsp3) is 0.467. The number of aryl methyl sites for hydroxylation is 1. The molecule has 3 N–H and O–H groups in total. The summed E-state index contributed by atoms with van der Waals surface area (Å²) in [6.45, 7) is 1.45. The molecule has 1 fully saturated rings. The van der Waals surface area contributed by atoms with Gasteiger partial charge in [-0.2, -0.15) is 0 Å². The van der Waals surface area contributed by atoms with E-state index < -0.39 is 5.54 Å². The number of imidazole rings is 1. The summed E-state index contributed by atoms with van der Waals surface area (Å²) in [6.07, 6.45) is 1.11. The second kappa shape index (κ2) is 5.46. The van der Waals surface area contributed by atoms with Crippen molar-refractivity contribution in [3.8, 4) is 0 Å². The number of amides is 1. The van der Waals surface area contributed by atoms with Crippen molar-refractivity contribution in [2.24, 2.45) is 12.8 Å². The first-order chi connectivity index (χ1) is 10.1. The van der Waals surface area contributed by atoms with Crippen molar-refractivity contribution in [3.05, 3.63) is 30.1 Å². The largest absolute Gasteiger partial charge is 0.381 e. The first-order valence-electron chi connectivity index (χ1n) is 7.15. The van der Waals surface area contributed by atoms with Crippen LogP contribution in [0.4, 0.5) is 0 Å². The molecule has 1 saturated heterocycles. The van der Waals surface area contributed by atoms with Crippen molar-refractivity contribution in [1.29, 1.82) is 0 Å². The van der Waals surface area contributed by atoms with Gasteiger partial charge >= 0.3 is 0 Å². The normalized spacial score (nSPS) is 17.8. The number of hydrogen-bond acceptors (Lipinski definition) is 4. The number of nitrogens with zero attached hydrogens (tertiary/aromatic N) is 2. The van der Waals surface area contributed by atoms with E-state index in [-0.39, 0.29) is 5.91 Å². The number of para-hydroxylation sites is 2. The number of nitrogens with one attached hydrogen (secondary N) is 1. The van der Waals surface area contributed by atoms with Crippen molar-refractivity contribution in [2.75, 3.05) is 13.2 Å². The minimum absolute atomic E-state index is 0.127. The molecule has 1 aliphatic rings. The number of carbonyl (C=O) groups is 1. The molecule has 0 bridgehead atoms.